The van der Waals surface area contributed by atoms with Crippen molar-refractivity contribution >= 4 is 34.7 Å². The van der Waals surface area contributed by atoms with Gasteiger partial charge in [-0.15, -0.1) is 11.3 Å². The van der Waals surface area contributed by atoms with Gasteiger partial charge in [-0.25, -0.2) is 0 Å². The number of benzene rings is 2. The lowest BCUT2D eigenvalue weighted by atomic mass is 10.1. The Labute approximate surface area is 190 Å². The van der Waals surface area contributed by atoms with Gasteiger partial charge in [0.15, 0.2) is 0 Å². The minimum atomic E-state index is -0.291. The fourth-order valence-electron chi connectivity index (χ4n) is 3.37. The zero-order valence-corrected chi connectivity index (χ0v) is 18.2. The molecular weight excluding hydrogens is 426 g/mol. The fourth-order valence-corrected chi connectivity index (χ4v) is 3.99. The Morgan fingerprint density at radius 3 is 2.38 bits per heavy atom. The zero-order chi connectivity index (χ0) is 22.3. The number of carbonyl (C=O) groups is 3. The van der Waals surface area contributed by atoms with E-state index in [1.54, 1.807) is 53.4 Å². The highest BCUT2D eigenvalue weighted by atomic mass is 32.1. The van der Waals surface area contributed by atoms with Gasteiger partial charge in [0.2, 0.25) is 0 Å². The lowest BCUT2D eigenvalue weighted by molar-refractivity contribution is 0.0303. The number of para-hydroxylation sites is 1. The summed E-state index contributed by atoms with van der Waals surface area (Å²) in [5.41, 5.74) is 2.33. The summed E-state index contributed by atoms with van der Waals surface area (Å²) in [6, 6.07) is 17.6. The maximum atomic E-state index is 12.8. The SMILES string of the molecule is O=C(Nc1ccccc1C(=O)NCc1ccc(C(=O)N2CCOCC2)cc1)c1cccs1. The predicted molar refractivity (Wildman–Crippen MR) is 123 cm³/mol. The van der Waals surface area contributed by atoms with Crippen LogP contribution in [0, 0.1) is 0 Å². The smallest absolute Gasteiger partial charge is 0.265 e. The van der Waals surface area contributed by atoms with Crippen LogP contribution < -0.4 is 10.6 Å². The summed E-state index contributed by atoms with van der Waals surface area (Å²) in [6.45, 7) is 2.62. The van der Waals surface area contributed by atoms with Gasteiger partial charge in [0.25, 0.3) is 17.7 Å². The number of nitrogens with one attached hydrogen (secondary N) is 2. The van der Waals surface area contributed by atoms with Crippen molar-refractivity contribution in [1.82, 2.24) is 10.2 Å². The van der Waals surface area contributed by atoms with Crippen molar-refractivity contribution in [2.45, 2.75) is 6.54 Å². The number of anilines is 1. The van der Waals surface area contributed by atoms with E-state index in [0.717, 1.165) is 5.56 Å². The van der Waals surface area contributed by atoms with Crippen LogP contribution in [0.2, 0.25) is 0 Å². The maximum absolute atomic E-state index is 12.8. The van der Waals surface area contributed by atoms with Crippen LogP contribution in [0.15, 0.2) is 66.0 Å². The zero-order valence-electron chi connectivity index (χ0n) is 17.4. The summed E-state index contributed by atoms with van der Waals surface area (Å²) in [5.74, 6) is -0.555. The Hall–Kier alpha value is -3.49. The van der Waals surface area contributed by atoms with Crippen LogP contribution in [-0.4, -0.2) is 48.9 Å². The highest BCUT2D eigenvalue weighted by Gasteiger charge is 2.18. The first kappa shape index (κ1) is 21.7. The lowest BCUT2D eigenvalue weighted by Crippen LogP contribution is -2.40. The van der Waals surface area contributed by atoms with Gasteiger partial charge in [0.05, 0.1) is 29.3 Å². The van der Waals surface area contributed by atoms with Gasteiger partial charge in [-0.05, 0) is 41.3 Å². The molecule has 1 aromatic heterocycles. The van der Waals surface area contributed by atoms with Crippen LogP contribution in [0.3, 0.4) is 0 Å². The van der Waals surface area contributed by atoms with Gasteiger partial charge >= 0.3 is 0 Å². The standard InChI is InChI=1S/C24H23N3O4S/c28-22(19-4-1-2-5-20(19)26-23(29)21-6-3-15-32-21)25-16-17-7-9-18(10-8-17)24(30)27-11-13-31-14-12-27/h1-10,15H,11-14,16H2,(H,25,28)(H,26,29). The molecule has 8 heteroatoms. The largest absolute Gasteiger partial charge is 0.378 e. The van der Waals surface area contributed by atoms with Crippen LogP contribution in [0.25, 0.3) is 0 Å². The Bertz CT molecular complexity index is 1090. The second-order valence-electron chi connectivity index (χ2n) is 7.26. The first-order chi connectivity index (χ1) is 15.6. The summed E-state index contributed by atoms with van der Waals surface area (Å²) in [4.78, 5) is 40.0. The van der Waals surface area contributed by atoms with Crippen LogP contribution in [0.4, 0.5) is 5.69 Å². The molecule has 0 atom stereocenters. The molecule has 1 aliphatic heterocycles. The molecule has 0 saturated carbocycles. The van der Waals surface area contributed by atoms with Gasteiger partial charge < -0.3 is 20.3 Å². The van der Waals surface area contributed by atoms with E-state index in [-0.39, 0.29) is 17.7 Å². The average molecular weight is 450 g/mol. The van der Waals surface area contributed by atoms with E-state index >= 15 is 0 Å². The minimum absolute atomic E-state index is 0.0145. The Morgan fingerprint density at radius 1 is 0.906 bits per heavy atom. The lowest BCUT2D eigenvalue weighted by Gasteiger charge is -2.26. The molecule has 2 aromatic carbocycles. The summed E-state index contributed by atoms with van der Waals surface area (Å²) >= 11 is 1.34. The second-order valence-corrected chi connectivity index (χ2v) is 8.21. The summed E-state index contributed by atoms with van der Waals surface area (Å²) in [6.07, 6.45) is 0. The van der Waals surface area contributed by atoms with Crippen LogP contribution in [0.5, 0.6) is 0 Å². The van der Waals surface area contributed by atoms with Crippen molar-refractivity contribution in [3.05, 3.63) is 87.6 Å². The van der Waals surface area contributed by atoms with Crippen LogP contribution in [-0.2, 0) is 11.3 Å². The highest BCUT2D eigenvalue weighted by Crippen LogP contribution is 2.18. The van der Waals surface area contributed by atoms with Gasteiger partial charge in [-0.3, -0.25) is 14.4 Å². The van der Waals surface area contributed by atoms with E-state index in [9.17, 15) is 14.4 Å². The van der Waals surface area contributed by atoms with E-state index in [4.69, 9.17) is 4.74 Å². The normalized spacial score (nSPS) is 13.4. The quantitative estimate of drug-likeness (QED) is 0.604. The molecular formula is C24H23N3O4S. The third-order valence-corrected chi connectivity index (χ3v) is 5.99. The summed E-state index contributed by atoms with van der Waals surface area (Å²) < 4.78 is 5.29. The van der Waals surface area contributed by atoms with E-state index in [2.05, 4.69) is 10.6 Å². The molecule has 0 radical (unpaired) electrons. The molecule has 2 N–H and O–H groups in total. The molecule has 3 amide bonds. The van der Waals surface area contributed by atoms with Crippen molar-refractivity contribution in [3.63, 3.8) is 0 Å². The first-order valence-electron chi connectivity index (χ1n) is 10.3. The molecule has 1 fully saturated rings. The molecule has 0 spiro atoms. The molecule has 0 aliphatic carbocycles. The number of thiophene rings is 1. The summed E-state index contributed by atoms with van der Waals surface area (Å²) in [5, 5.41) is 7.51. The molecule has 4 rings (SSSR count). The molecule has 2 heterocycles. The fraction of sp³-hybridized carbons (Fsp3) is 0.208. The topological polar surface area (TPSA) is 87.7 Å². The molecule has 1 saturated heterocycles. The van der Waals surface area contributed by atoms with E-state index < -0.39 is 0 Å². The predicted octanol–water partition coefficient (Wildman–Crippen LogP) is 3.40. The number of amides is 3. The van der Waals surface area contributed by atoms with Crippen molar-refractivity contribution in [2.75, 3.05) is 31.6 Å². The van der Waals surface area contributed by atoms with Gasteiger partial charge in [-0.2, -0.15) is 0 Å². The molecule has 3 aromatic rings. The van der Waals surface area contributed by atoms with Crippen molar-refractivity contribution < 1.29 is 19.1 Å². The van der Waals surface area contributed by atoms with Gasteiger partial charge in [0, 0.05) is 25.2 Å². The molecule has 0 bridgehead atoms. The number of hydrogen-bond acceptors (Lipinski definition) is 5. The number of hydrogen-bond donors (Lipinski definition) is 2. The summed E-state index contributed by atoms with van der Waals surface area (Å²) in [7, 11) is 0. The van der Waals surface area contributed by atoms with E-state index in [1.165, 1.54) is 11.3 Å². The minimum Gasteiger partial charge on any atom is -0.378 e. The van der Waals surface area contributed by atoms with Crippen LogP contribution in [0.1, 0.15) is 36.0 Å². The number of ether oxygens (including phenoxy) is 1. The number of carbonyl (C=O) groups excluding carboxylic acids is 3. The highest BCUT2D eigenvalue weighted by molar-refractivity contribution is 7.12. The van der Waals surface area contributed by atoms with E-state index in [1.807, 2.05) is 17.5 Å². The van der Waals surface area contributed by atoms with Gasteiger partial charge in [-0.1, -0.05) is 30.3 Å². The number of morpholine rings is 1. The van der Waals surface area contributed by atoms with Crippen molar-refractivity contribution in [2.24, 2.45) is 0 Å². The molecule has 0 unspecified atom stereocenters. The molecule has 32 heavy (non-hydrogen) atoms. The molecule has 164 valence electrons. The third kappa shape index (κ3) is 5.22. The third-order valence-electron chi connectivity index (χ3n) is 5.12. The second kappa shape index (κ2) is 10.2. The average Bonchev–Trinajstić information content (AvgIpc) is 3.39. The molecule has 1 aliphatic rings. The number of rotatable bonds is 6. The van der Waals surface area contributed by atoms with E-state index in [0.29, 0.717) is 54.5 Å². The Kier molecular flexibility index (Phi) is 6.94. The Morgan fingerprint density at radius 2 is 1.66 bits per heavy atom. The van der Waals surface area contributed by atoms with Crippen molar-refractivity contribution in [1.29, 1.82) is 0 Å². The Balaban J connectivity index is 1.36. The van der Waals surface area contributed by atoms with Gasteiger partial charge in [0.1, 0.15) is 0 Å². The van der Waals surface area contributed by atoms with Crippen molar-refractivity contribution in [3.8, 4) is 0 Å². The molecule has 7 nitrogen and oxygen atoms in total. The first-order valence-corrected chi connectivity index (χ1v) is 11.2. The monoisotopic (exact) mass is 449 g/mol. The van der Waals surface area contributed by atoms with Crippen LogP contribution >= 0.6 is 11.3 Å². The number of nitrogens with zero attached hydrogens (tertiary/aromatic N) is 1. The maximum Gasteiger partial charge on any atom is 0.265 e.